The molecule has 1 N–H and O–H groups in total. The fraction of sp³-hybridized carbons (Fsp3) is 1.00. The Kier molecular flexibility index (Phi) is 3.13. The van der Waals surface area contributed by atoms with Gasteiger partial charge in [0.25, 0.3) is 0 Å². The molecule has 5 unspecified atom stereocenters. The third kappa shape index (κ3) is 2.24. The van der Waals surface area contributed by atoms with Gasteiger partial charge >= 0.3 is 0 Å². The van der Waals surface area contributed by atoms with Crippen LogP contribution < -0.4 is 5.32 Å². The molecule has 0 aromatic heterocycles. The van der Waals surface area contributed by atoms with Gasteiger partial charge in [-0.1, -0.05) is 0 Å². The summed E-state index contributed by atoms with van der Waals surface area (Å²) in [4.78, 5) is 0. The molecule has 3 heteroatoms. The normalized spacial score (nSPS) is 50.4. The van der Waals surface area contributed by atoms with Gasteiger partial charge in [-0.15, -0.1) is 0 Å². The van der Waals surface area contributed by atoms with Crippen LogP contribution in [0.25, 0.3) is 0 Å². The van der Waals surface area contributed by atoms with Crippen molar-refractivity contribution in [1.82, 2.24) is 5.32 Å². The molecule has 0 aromatic carbocycles. The lowest BCUT2D eigenvalue weighted by molar-refractivity contribution is -0.105. The molecular weight excluding hydrogens is 238 g/mol. The lowest BCUT2D eigenvalue weighted by Gasteiger charge is -2.42. The summed E-state index contributed by atoms with van der Waals surface area (Å²) in [6.45, 7) is 2.66. The van der Waals surface area contributed by atoms with Gasteiger partial charge in [0.1, 0.15) is 0 Å². The Bertz CT molecular complexity index is 330. The minimum Gasteiger partial charge on any atom is -0.378 e. The van der Waals surface area contributed by atoms with Gasteiger partial charge in [-0.3, -0.25) is 0 Å². The summed E-state index contributed by atoms with van der Waals surface area (Å²) in [7, 11) is 2.17. The lowest BCUT2D eigenvalue weighted by atomic mass is 9.76. The van der Waals surface area contributed by atoms with E-state index in [9.17, 15) is 0 Å². The zero-order valence-electron chi connectivity index (χ0n) is 12.1. The molecule has 2 aliphatic carbocycles. The van der Waals surface area contributed by atoms with Crippen LogP contribution in [0.15, 0.2) is 0 Å². The highest BCUT2D eigenvalue weighted by Crippen LogP contribution is 2.56. The molecule has 19 heavy (non-hydrogen) atoms. The highest BCUT2D eigenvalue weighted by molar-refractivity contribution is 5.02. The van der Waals surface area contributed by atoms with Gasteiger partial charge < -0.3 is 14.8 Å². The second kappa shape index (κ2) is 4.71. The third-order valence-corrected chi connectivity index (χ3v) is 6.23. The standard InChI is InChI=1S/C16H27NO2/c1-17-15(14-7-12-6-13(12)8-14)11-2-4-19-16(9-11)3-5-18-10-16/h11-15,17H,2-10H2,1H3. The average Bonchev–Trinajstić information content (AvgIpc) is 2.84. The van der Waals surface area contributed by atoms with Crippen LogP contribution in [0.3, 0.4) is 0 Å². The topological polar surface area (TPSA) is 30.5 Å². The van der Waals surface area contributed by atoms with Crippen molar-refractivity contribution < 1.29 is 9.47 Å². The number of hydrogen-bond donors (Lipinski definition) is 1. The van der Waals surface area contributed by atoms with E-state index in [0.29, 0.717) is 6.04 Å². The van der Waals surface area contributed by atoms with E-state index in [1.165, 1.54) is 32.1 Å². The van der Waals surface area contributed by atoms with Crippen molar-refractivity contribution in [3.63, 3.8) is 0 Å². The molecule has 0 amide bonds. The first-order chi connectivity index (χ1) is 9.30. The van der Waals surface area contributed by atoms with E-state index in [1.54, 1.807) is 0 Å². The zero-order valence-corrected chi connectivity index (χ0v) is 12.1. The molecule has 1 spiro atoms. The second-order valence-corrected chi connectivity index (χ2v) is 7.39. The maximum atomic E-state index is 6.09. The fourth-order valence-electron chi connectivity index (χ4n) is 5.15. The largest absolute Gasteiger partial charge is 0.378 e. The summed E-state index contributed by atoms with van der Waals surface area (Å²) < 4.78 is 11.7. The van der Waals surface area contributed by atoms with Crippen molar-refractivity contribution in [3.05, 3.63) is 0 Å². The molecule has 4 aliphatic rings. The van der Waals surface area contributed by atoms with Crippen molar-refractivity contribution in [2.75, 3.05) is 26.9 Å². The van der Waals surface area contributed by atoms with Gasteiger partial charge in [-0.05, 0) is 62.8 Å². The molecule has 2 heterocycles. The van der Waals surface area contributed by atoms with Crippen LogP contribution in [0.4, 0.5) is 0 Å². The summed E-state index contributed by atoms with van der Waals surface area (Å²) >= 11 is 0. The molecule has 4 fully saturated rings. The van der Waals surface area contributed by atoms with Gasteiger partial charge in [0.05, 0.1) is 12.2 Å². The molecule has 0 radical (unpaired) electrons. The van der Waals surface area contributed by atoms with Gasteiger partial charge in [-0.2, -0.15) is 0 Å². The average molecular weight is 265 g/mol. The lowest BCUT2D eigenvalue weighted by Crippen LogP contribution is -2.49. The van der Waals surface area contributed by atoms with Crippen LogP contribution in [-0.2, 0) is 9.47 Å². The first kappa shape index (κ1) is 12.6. The van der Waals surface area contributed by atoms with E-state index in [4.69, 9.17) is 9.47 Å². The first-order valence-corrected chi connectivity index (χ1v) is 8.19. The van der Waals surface area contributed by atoms with Gasteiger partial charge in [-0.25, -0.2) is 0 Å². The monoisotopic (exact) mass is 265 g/mol. The smallest absolute Gasteiger partial charge is 0.0939 e. The molecule has 2 saturated carbocycles. The highest BCUT2D eigenvalue weighted by atomic mass is 16.6. The van der Waals surface area contributed by atoms with E-state index in [0.717, 1.165) is 49.9 Å². The predicted molar refractivity (Wildman–Crippen MR) is 74.0 cm³/mol. The van der Waals surface area contributed by atoms with Crippen LogP contribution in [0.5, 0.6) is 0 Å². The molecule has 0 aromatic rings. The molecule has 108 valence electrons. The predicted octanol–water partition coefficient (Wildman–Crippen LogP) is 2.21. The Morgan fingerprint density at radius 1 is 1.11 bits per heavy atom. The van der Waals surface area contributed by atoms with E-state index >= 15 is 0 Å². The van der Waals surface area contributed by atoms with E-state index in [2.05, 4.69) is 12.4 Å². The number of rotatable bonds is 3. The van der Waals surface area contributed by atoms with Gasteiger partial charge in [0.2, 0.25) is 0 Å². The number of ether oxygens (including phenoxy) is 2. The number of hydrogen-bond acceptors (Lipinski definition) is 3. The number of fused-ring (bicyclic) bond motifs is 1. The van der Waals surface area contributed by atoms with Crippen LogP contribution in [0.2, 0.25) is 0 Å². The van der Waals surface area contributed by atoms with Crippen molar-refractivity contribution in [2.24, 2.45) is 23.7 Å². The van der Waals surface area contributed by atoms with Crippen molar-refractivity contribution >= 4 is 0 Å². The van der Waals surface area contributed by atoms with Crippen LogP contribution in [-0.4, -0.2) is 38.5 Å². The Morgan fingerprint density at radius 2 is 1.95 bits per heavy atom. The fourth-order valence-corrected chi connectivity index (χ4v) is 5.15. The van der Waals surface area contributed by atoms with Crippen LogP contribution >= 0.6 is 0 Å². The van der Waals surface area contributed by atoms with Crippen LogP contribution in [0.1, 0.15) is 38.5 Å². The first-order valence-electron chi connectivity index (χ1n) is 8.19. The van der Waals surface area contributed by atoms with E-state index < -0.39 is 0 Å². The minimum absolute atomic E-state index is 0.0690. The quantitative estimate of drug-likeness (QED) is 0.848. The Hall–Kier alpha value is -0.120. The number of nitrogens with one attached hydrogen (secondary N) is 1. The molecule has 2 aliphatic heterocycles. The molecular formula is C16H27NO2. The van der Waals surface area contributed by atoms with Crippen molar-refractivity contribution in [3.8, 4) is 0 Å². The summed E-state index contributed by atoms with van der Waals surface area (Å²) in [5.74, 6) is 3.90. The van der Waals surface area contributed by atoms with Gasteiger partial charge in [0, 0.05) is 25.7 Å². The molecule has 3 nitrogen and oxygen atoms in total. The summed E-state index contributed by atoms with van der Waals surface area (Å²) in [6, 6.07) is 0.717. The van der Waals surface area contributed by atoms with Crippen molar-refractivity contribution in [2.45, 2.75) is 50.2 Å². The maximum Gasteiger partial charge on any atom is 0.0939 e. The molecule has 5 atom stereocenters. The molecule has 0 bridgehead atoms. The van der Waals surface area contributed by atoms with Crippen molar-refractivity contribution in [1.29, 1.82) is 0 Å². The Morgan fingerprint density at radius 3 is 2.63 bits per heavy atom. The minimum atomic E-state index is 0.0690. The second-order valence-electron chi connectivity index (χ2n) is 7.39. The highest BCUT2D eigenvalue weighted by Gasteiger charge is 2.50. The summed E-state index contributed by atoms with van der Waals surface area (Å²) in [5, 5.41) is 3.66. The third-order valence-electron chi connectivity index (χ3n) is 6.23. The van der Waals surface area contributed by atoms with Crippen LogP contribution in [0, 0.1) is 23.7 Å². The van der Waals surface area contributed by atoms with E-state index in [-0.39, 0.29) is 5.60 Å². The van der Waals surface area contributed by atoms with Gasteiger partial charge in [0.15, 0.2) is 0 Å². The van der Waals surface area contributed by atoms with E-state index in [1.807, 2.05) is 0 Å². The Balaban J connectivity index is 1.44. The molecule has 2 saturated heterocycles. The summed E-state index contributed by atoms with van der Waals surface area (Å²) in [6.07, 6.45) is 8.05. The maximum absolute atomic E-state index is 6.09. The molecule has 4 rings (SSSR count). The zero-order chi connectivity index (χ0) is 12.9. The SMILES string of the molecule is CNC(C1CC2CC2C1)C1CCOC2(CCOC2)C1. The summed E-state index contributed by atoms with van der Waals surface area (Å²) in [5.41, 5.74) is 0.0690. The Labute approximate surface area is 116 Å².